The maximum atomic E-state index is 13.2. The van der Waals surface area contributed by atoms with Gasteiger partial charge in [0.15, 0.2) is 5.13 Å². The van der Waals surface area contributed by atoms with E-state index in [0.29, 0.717) is 11.7 Å². The largest absolute Gasteiger partial charge is 0.375 e. The van der Waals surface area contributed by atoms with E-state index >= 15 is 0 Å². The molecule has 9 heteroatoms. The maximum Gasteiger partial charge on any atom is 0.252 e. The summed E-state index contributed by atoms with van der Waals surface area (Å²) >= 11 is 1.41. The van der Waals surface area contributed by atoms with E-state index in [9.17, 15) is 14.0 Å². The highest BCUT2D eigenvalue weighted by Gasteiger charge is 2.31. The van der Waals surface area contributed by atoms with E-state index in [-0.39, 0.29) is 17.8 Å². The molecule has 7 nitrogen and oxygen atoms in total. The van der Waals surface area contributed by atoms with Crippen LogP contribution in [0.1, 0.15) is 49.9 Å². The molecule has 0 aliphatic heterocycles. The van der Waals surface area contributed by atoms with Gasteiger partial charge in [0.2, 0.25) is 0 Å². The van der Waals surface area contributed by atoms with Gasteiger partial charge in [-0.15, -0.1) is 0 Å². The molecule has 0 aliphatic carbocycles. The summed E-state index contributed by atoms with van der Waals surface area (Å²) in [6, 6.07) is 15.0. The zero-order chi connectivity index (χ0) is 27.2. The van der Waals surface area contributed by atoms with Crippen LogP contribution in [0.5, 0.6) is 0 Å². The Morgan fingerprint density at radius 1 is 1.08 bits per heavy atom. The van der Waals surface area contributed by atoms with Gasteiger partial charge in [0, 0.05) is 29.1 Å². The highest BCUT2D eigenvalue weighted by atomic mass is 32.1. The standard InChI is InChI=1S/C28H35FN4O3S/c1-18(2)36-19(3)16-33(6)17-23-24(20-10-8-7-9-11-20)30-27(37-23)31-26(35)28(4,5)32-25(34)21-12-14-22(29)15-13-21/h7-15,18-19H,16-17H2,1-6H3,(H,32,34)(H,30,31,35)/t19-/m1/s1. The van der Waals surface area contributed by atoms with Crippen LogP contribution < -0.4 is 10.6 Å². The maximum absolute atomic E-state index is 13.2. The molecule has 1 aromatic heterocycles. The van der Waals surface area contributed by atoms with E-state index in [1.165, 1.54) is 35.6 Å². The first-order valence-corrected chi connectivity index (χ1v) is 13.0. The van der Waals surface area contributed by atoms with Crippen molar-refractivity contribution >= 4 is 28.3 Å². The fourth-order valence-electron chi connectivity index (χ4n) is 3.86. The van der Waals surface area contributed by atoms with Crippen molar-refractivity contribution < 1.29 is 18.7 Å². The molecule has 0 unspecified atom stereocenters. The van der Waals surface area contributed by atoms with E-state index in [0.717, 1.165) is 22.7 Å². The minimum Gasteiger partial charge on any atom is -0.375 e. The van der Waals surface area contributed by atoms with Crippen molar-refractivity contribution in [2.24, 2.45) is 0 Å². The van der Waals surface area contributed by atoms with Crippen LogP contribution >= 0.6 is 11.3 Å². The first-order valence-electron chi connectivity index (χ1n) is 12.2. The lowest BCUT2D eigenvalue weighted by molar-refractivity contribution is -0.120. The number of rotatable bonds is 11. The number of halogens is 1. The second kappa shape index (κ2) is 12.4. The summed E-state index contributed by atoms with van der Waals surface area (Å²) in [6.07, 6.45) is 0.225. The SMILES string of the molecule is CC(C)O[C@H](C)CN(C)Cc1sc(NC(=O)C(C)(C)NC(=O)c2ccc(F)cc2)nc1-c1ccccc1. The van der Waals surface area contributed by atoms with Crippen LogP contribution in [0.2, 0.25) is 0 Å². The molecule has 0 aliphatic rings. The Kier molecular flexibility index (Phi) is 9.53. The number of thiazole rings is 1. The van der Waals surface area contributed by atoms with Crippen LogP contribution in [0.3, 0.4) is 0 Å². The molecule has 0 bridgehead atoms. The number of amides is 2. The zero-order valence-corrected chi connectivity index (χ0v) is 23.0. The number of carbonyl (C=O) groups excluding carboxylic acids is 2. The van der Waals surface area contributed by atoms with Gasteiger partial charge in [-0.2, -0.15) is 0 Å². The molecule has 0 fully saturated rings. The number of aromatic nitrogens is 1. The number of carbonyl (C=O) groups is 2. The predicted molar refractivity (Wildman–Crippen MR) is 146 cm³/mol. The smallest absolute Gasteiger partial charge is 0.252 e. The molecule has 3 rings (SSSR count). The lowest BCUT2D eigenvalue weighted by atomic mass is 10.0. The minimum absolute atomic E-state index is 0.0720. The number of likely N-dealkylation sites (N-methyl/N-ethyl adjacent to an activating group) is 1. The lowest BCUT2D eigenvalue weighted by Crippen LogP contribution is -2.52. The summed E-state index contributed by atoms with van der Waals surface area (Å²) in [5.74, 6) is -1.31. The van der Waals surface area contributed by atoms with E-state index in [4.69, 9.17) is 9.72 Å². The van der Waals surface area contributed by atoms with Crippen molar-refractivity contribution in [2.75, 3.05) is 18.9 Å². The summed E-state index contributed by atoms with van der Waals surface area (Å²) < 4.78 is 19.1. The second-order valence-corrected chi connectivity index (χ2v) is 11.0. The molecule has 0 spiro atoms. The molecule has 0 saturated carbocycles. The van der Waals surface area contributed by atoms with Crippen LogP contribution in [0.25, 0.3) is 11.3 Å². The van der Waals surface area contributed by atoms with Crippen molar-refractivity contribution in [3.8, 4) is 11.3 Å². The Morgan fingerprint density at radius 3 is 2.35 bits per heavy atom. The van der Waals surface area contributed by atoms with Gasteiger partial charge >= 0.3 is 0 Å². The average molecular weight is 527 g/mol. The van der Waals surface area contributed by atoms with Crippen LogP contribution in [0, 0.1) is 5.82 Å². The number of hydrogen-bond donors (Lipinski definition) is 2. The quantitative estimate of drug-likeness (QED) is 0.352. The molecule has 1 atom stereocenters. The topological polar surface area (TPSA) is 83.6 Å². The van der Waals surface area contributed by atoms with Gasteiger partial charge in [-0.3, -0.25) is 19.8 Å². The van der Waals surface area contributed by atoms with Gasteiger partial charge in [0.1, 0.15) is 11.4 Å². The van der Waals surface area contributed by atoms with Gasteiger partial charge in [-0.05, 0) is 65.9 Å². The van der Waals surface area contributed by atoms with E-state index in [2.05, 4.69) is 22.5 Å². The normalized spacial score (nSPS) is 12.6. The Balaban J connectivity index is 1.76. The van der Waals surface area contributed by atoms with Gasteiger partial charge in [0.25, 0.3) is 11.8 Å². The first-order chi connectivity index (χ1) is 17.4. The van der Waals surface area contributed by atoms with Gasteiger partial charge in [-0.25, -0.2) is 9.37 Å². The van der Waals surface area contributed by atoms with Gasteiger partial charge in [0.05, 0.1) is 17.9 Å². The van der Waals surface area contributed by atoms with Crippen molar-refractivity contribution in [2.45, 2.75) is 58.9 Å². The highest BCUT2D eigenvalue weighted by molar-refractivity contribution is 7.16. The predicted octanol–water partition coefficient (Wildman–Crippen LogP) is 5.34. The zero-order valence-electron chi connectivity index (χ0n) is 22.2. The molecular formula is C28H35FN4O3S. The lowest BCUT2D eigenvalue weighted by Gasteiger charge is -2.24. The third-order valence-electron chi connectivity index (χ3n) is 5.55. The van der Waals surface area contributed by atoms with Crippen molar-refractivity contribution in [1.29, 1.82) is 0 Å². The molecule has 3 aromatic rings. The molecule has 0 saturated heterocycles. The number of benzene rings is 2. The Labute approximate surface area is 222 Å². The number of hydrogen-bond acceptors (Lipinski definition) is 6. The Hall–Kier alpha value is -3.14. The third kappa shape index (κ3) is 8.18. The molecular weight excluding hydrogens is 491 g/mol. The molecule has 0 radical (unpaired) electrons. The molecule has 37 heavy (non-hydrogen) atoms. The summed E-state index contributed by atoms with van der Waals surface area (Å²) in [7, 11) is 2.03. The fraction of sp³-hybridized carbons (Fsp3) is 0.393. The van der Waals surface area contributed by atoms with Gasteiger partial charge < -0.3 is 10.1 Å². The number of anilines is 1. The Morgan fingerprint density at radius 2 is 1.73 bits per heavy atom. The second-order valence-electron chi connectivity index (χ2n) is 9.89. The minimum atomic E-state index is -1.23. The summed E-state index contributed by atoms with van der Waals surface area (Å²) in [4.78, 5) is 33.7. The van der Waals surface area contributed by atoms with E-state index in [1.54, 1.807) is 13.8 Å². The molecule has 2 aromatic carbocycles. The van der Waals surface area contributed by atoms with Crippen molar-refractivity contribution in [3.05, 3.63) is 70.9 Å². The molecule has 1 heterocycles. The third-order valence-corrected chi connectivity index (χ3v) is 6.51. The van der Waals surface area contributed by atoms with Crippen molar-refractivity contribution in [3.63, 3.8) is 0 Å². The number of nitrogens with zero attached hydrogens (tertiary/aromatic N) is 2. The monoisotopic (exact) mass is 526 g/mol. The van der Waals surface area contributed by atoms with Crippen LogP contribution in [-0.2, 0) is 16.1 Å². The van der Waals surface area contributed by atoms with Gasteiger partial charge in [-0.1, -0.05) is 41.7 Å². The van der Waals surface area contributed by atoms with Crippen LogP contribution in [0.4, 0.5) is 9.52 Å². The summed E-state index contributed by atoms with van der Waals surface area (Å²) in [6.45, 7) is 10.7. The summed E-state index contributed by atoms with van der Waals surface area (Å²) in [5, 5.41) is 6.03. The van der Waals surface area contributed by atoms with Crippen LogP contribution in [-0.4, -0.2) is 53.0 Å². The average Bonchev–Trinajstić information content (AvgIpc) is 3.20. The van der Waals surface area contributed by atoms with E-state index in [1.807, 2.05) is 51.2 Å². The fourth-order valence-corrected chi connectivity index (χ4v) is 4.92. The Bertz CT molecular complexity index is 1200. The van der Waals surface area contributed by atoms with E-state index < -0.39 is 23.2 Å². The van der Waals surface area contributed by atoms with Crippen LogP contribution in [0.15, 0.2) is 54.6 Å². The summed E-state index contributed by atoms with van der Waals surface area (Å²) in [5.41, 5.74) is 0.796. The first kappa shape index (κ1) is 28.4. The molecule has 198 valence electrons. The molecule has 2 amide bonds. The number of nitrogens with one attached hydrogen (secondary N) is 2. The molecule has 2 N–H and O–H groups in total. The van der Waals surface area contributed by atoms with Crippen molar-refractivity contribution in [1.82, 2.24) is 15.2 Å². The number of ether oxygens (including phenoxy) is 1. The highest BCUT2D eigenvalue weighted by Crippen LogP contribution is 2.32.